The maximum absolute atomic E-state index is 14.0. The minimum atomic E-state index is 0.365. The molecule has 3 aliphatic carbocycles. The van der Waals surface area contributed by atoms with Gasteiger partial charge in [0.1, 0.15) is 0 Å². The van der Waals surface area contributed by atoms with E-state index in [0.29, 0.717) is 29.8 Å². The lowest BCUT2D eigenvalue weighted by Crippen LogP contribution is -2.47. The zero-order chi connectivity index (χ0) is 20.6. The third-order valence-electron chi connectivity index (χ3n) is 9.25. The number of rotatable bonds is 2. The van der Waals surface area contributed by atoms with Crippen LogP contribution in [0.3, 0.4) is 0 Å². The Bertz CT molecular complexity index is 501. The monoisotopic (exact) mass is 415 g/mol. The van der Waals surface area contributed by atoms with E-state index in [9.17, 15) is 4.79 Å². The predicted octanol–water partition coefficient (Wildman–Crippen LogP) is 8.04. The molecular weight excluding hydrogens is 366 g/mol. The number of carbonyl (C=O) groups excluding carboxylic acids is 1. The van der Waals surface area contributed by atoms with E-state index in [-0.39, 0.29) is 0 Å². The summed E-state index contributed by atoms with van der Waals surface area (Å²) >= 11 is 0. The highest BCUT2D eigenvalue weighted by atomic mass is 16.2. The fraction of sp³-hybridized carbons (Fsp3) is 0.964. The molecule has 0 bridgehead atoms. The normalized spacial score (nSPS) is 34.5. The fourth-order valence-electron chi connectivity index (χ4n) is 7.67. The molecule has 1 aliphatic heterocycles. The van der Waals surface area contributed by atoms with E-state index < -0.39 is 0 Å². The van der Waals surface area contributed by atoms with Crippen LogP contribution in [0.4, 0.5) is 0 Å². The Labute approximate surface area is 186 Å². The van der Waals surface area contributed by atoms with Crippen LogP contribution in [0, 0.1) is 17.8 Å². The van der Waals surface area contributed by atoms with Gasteiger partial charge >= 0.3 is 0 Å². The van der Waals surface area contributed by atoms with E-state index in [1.807, 2.05) is 0 Å². The first-order chi connectivity index (χ1) is 14.9. The van der Waals surface area contributed by atoms with Crippen molar-refractivity contribution in [3.8, 4) is 0 Å². The van der Waals surface area contributed by atoms with E-state index in [1.54, 1.807) is 0 Å². The molecule has 4 aliphatic rings. The second-order valence-corrected chi connectivity index (χ2v) is 11.3. The molecule has 30 heavy (non-hydrogen) atoms. The van der Waals surface area contributed by atoms with Gasteiger partial charge in [-0.05, 0) is 50.4 Å². The van der Waals surface area contributed by atoms with Crippen molar-refractivity contribution >= 4 is 5.91 Å². The van der Waals surface area contributed by atoms with Crippen LogP contribution >= 0.6 is 0 Å². The van der Waals surface area contributed by atoms with Crippen molar-refractivity contribution in [2.45, 2.75) is 153 Å². The molecular formula is C28H49NO. The molecule has 3 unspecified atom stereocenters. The number of hydrogen-bond acceptors (Lipinski definition) is 1. The topological polar surface area (TPSA) is 20.3 Å². The van der Waals surface area contributed by atoms with Gasteiger partial charge in [0, 0.05) is 18.0 Å². The number of nitrogens with zero attached hydrogens (tertiary/aromatic N) is 1. The summed E-state index contributed by atoms with van der Waals surface area (Å²) < 4.78 is 0. The van der Waals surface area contributed by atoms with E-state index in [2.05, 4.69) is 4.90 Å². The smallest absolute Gasteiger partial charge is 0.226 e. The number of fused-ring (bicyclic) bond motifs is 1. The predicted molar refractivity (Wildman–Crippen MR) is 126 cm³/mol. The van der Waals surface area contributed by atoms with E-state index >= 15 is 0 Å². The summed E-state index contributed by atoms with van der Waals surface area (Å²) in [5.41, 5.74) is 0. The van der Waals surface area contributed by atoms with Crippen molar-refractivity contribution in [2.24, 2.45) is 17.8 Å². The summed E-state index contributed by atoms with van der Waals surface area (Å²) in [5, 5.41) is 0. The molecule has 4 fully saturated rings. The van der Waals surface area contributed by atoms with Crippen molar-refractivity contribution in [1.82, 2.24) is 4.90 Å². The van der Waals surface area contributed by atoms with Gasteiger partial charge in [-0.1, -0.05) is 103 Å². The Hall–Kier alpha value is -0.530. The third-order valence-corrected chi connectivity index (χ3v) is 9.25. The average Bonchev–Trinajstić information content (AvgIpc) is 2.97. The van der Waals surface area contributed by atoms with Crippen molar-refractivity contribution in [1.29, 1.82) is 0 Å². The van der Waals surface area contributed by atoms with Gasteiger partial charge in [0.2, 0.25) is 5.91 Å². The molecule has 172 valence electrons. The van der Waals surface area contributed by atoms with Gasteiger partial charge in [0.25, 0.3) is 0 Å². The fourth-order valence-corrected chi connectivity index (χ4v) is 7.67. The number of carbonyl (C=O) groups is 1. The maximum Gasteiger partial charge on any atom is 0.226 e. The summed E-state index contributed by atoms with van der Waals surface area (Å²) in [6.07, 6.45) is 30.1. The lowest BCUT2D eigenvalue weighted by Gasteiger charge is -2.41. The maximum atomic E-state index is 14.0. The molecule has 2 nitrogen and oxygen atoms in total. The number of amides is 1. The van der Waals surface area contributed by atoms with E-state index in [0.717, 1.165) is 5.92 Å². The standard InChI is InChI=1S/C28H49NO/c30-28-26-22-16-10-2-1-9-15-21-25(26)27(23-17-11-5-3-6-12-18-23)29(28)24-19-13-7-4-8-14-20-24/h23-27H,1-22H2. The second kappa shape index (κ2) is 11.9. The summed E-state index contributed by atoms with van der Waals surface area (Å²) in [4.78, 5) is 16.6. The van der Waals surface area contributed by atoms with Crippen molar-refractivity contribution in [3.05, 3.63) is 0 Å². The van der Waals surface area contributed by atoms with Crippen LogP contribution in [0.5, 0.6) is 0 Å². The van der Waals surface area contributed by atoms with E-state index in [1.165, 1.54) is 141 Å². The highest BCUT2D eigenvalue weighted by molar-refractivity contribution is 5.82. The molecule has 0 aromatic rings. The Kier molecular flexibility index (Phi) is 9.00. The number of likely N-dealkylation sites (tertiary alicyclic amines) is 1. The molecule has 1 heterocycles. The molecule has 0 aromatic heterocycles. The first kappa shape index (κ1) is 22.7. The molecule has 0 radical (unpaired) electrons. The first-order valence-electron chi connectivity index (χ1n) is 14.2. The summed E-state index contributed by atoms with van der Waals surface area (Å²) in [5.74, 6) is 2.44. The molecule has 0 spiro atoms. The lowest BCUT2D eigenvalue weighted by molar-refractivity contribution is -0.135. The van der Waals surface area contributed by atoms with Crippen LogP contribution in [0.25, 0.3) is 0 Å². The average molecular weight is 416 g/mol. The van der Waals surface area contributed by atoms with Crippen molar-refractivity contribution < 1.29 is 4.79 Å². The number of hydrogen-bond donors (Lipinski definition) is 0. The van der Waals surface area contributed by atoms with Crippen LogP contribution in [-0.4, -0.2) is 22.9 Å². The zero-order valence-electron chi connectivity index (χ0n) is 19.8. The van der Waals surface area contributed by atoms with Gasteiger partial charge in [0.05, 0.1) is 0 Å². The van der Waals surface area contributed by atoms with Crippen molar-refractivity contribution in [3.63, 3.8) is 0 Å². The summed E-state index contributed by atoms with van der Waals surface area (Å²) in [6.45, 7) is 0. The Balaban J connectivity index is 1.60. The molecule has 3 atom stereocenters. The van der Waals surface area contributed by atoms with E-state index in [4.69, 9.17) is 0 Å². The molecule has 1 amide bonds. The SMILES string of the molecule is O=C1C2CCCCCCCCC2C(C2CCCCCCC2)N1C1CCCCCCC1. The van der Waals surface area contributed by atoms with Crippen LogP contribution in [-0.2, 0) is 4.79 Å². The minimum absolute atomic E-state index is 0.365. The molecule has 2 heteroatoms. The van der Waals surface area contributed by atoms with Gasteiger partial charge in [-0.15, -0.1) is 0 Å². The largest absolute Gasteiger partial charge is 0.336 e. The Morgan fingerprint density at radius 2 is 0.933 bits per heavy atom. The second-order valence-electron chi connectivity index (χ2n) is 11.3. The highest BCUT2D eigenvalue weighted by Gasteiger charge is 2.51. The quantitative estimate of drug-likeness (QED) is 0.447. The van der Waals surface area contributed by atoms with Crippen LogP contribution in [0.2, 0.25) is 0 Å². The van der Waals surface area contributed by atoms with Crippen LogP contribution in [0.1, 0.15) is 141 Å². The zero-order valence-corrected chi connectivity index (χ0v) is 19.8. The third kappa shape index (κ3) is 5.63. The van der Waals surface area contributed by atoms with Crippen molar-refractivity contribution in [2.75, 3.05) is 0 Å². The van der Waals surface area contributed by atoms with Gasteiger partial charge in [-0.25, -0.2) is 0 Å². The lowest BCUT2D eigenvalue weighted by atomic mass is 9.74. The molecule has 0 N–H and O–H groups in total. The Morgan fingerprint density at radius 1 is 0.500 bits per heavy atom. The minimum Gasteiger partial charge on any atom is -0.336 e. The van der Waals surface area contributed by atoms with Crippen LogP contribution < -0.4 is 0 Å². The molecule has 1 saturated heterocycles. The molecule has 3 saturated carbocycles. The molecule has 4 rings (SSSR count). The van der Waals surface area contributed by atoms with Gasteiger partial charge in [-0.2, -0.15) is 0 Å². The summed E-state index contributed by atoms with van der Waals surface area (Å²) in [7, 11) is 0. The Morgan fingerprint density at radius 3 is 1.50 bits per heavy atom. The van der Waals surface area contributed by atoms with Gasteiger partial charge < -0.3 is 4.90 Å². The summed E-state index contributed by atoms with van der Waals surface area (Å²) in [6, 6.07) is 1.15. The molecule has 0 aromatic carbocycles. The van der Waals surface area contributed by atoms with Crippen LogP contribution in [0.15, 0.2) is 0 Å². The highest BCUT2D eigenvalue weighted by Crippen LogP contribution is 2.46. The first-order valence-corrected chi connectivity index (χ1v) is 14.2. The van der Waals surface area contributed by atoms with Gasteiger partial charge in [0.15, 0.2) is 0 Å². The van der Waals surface area contributed by atoms with Gasteiger partial charge in [-0.3, -0.25) is 4.79 Å².